The van der Waals surface area contributed by atoms with Crippen LogP contribution in [0.1, 0.15) is 5.56 Å². The van der Waals surface area contributed by atoms with Crippen LogP contribution in [0.3, 0.4) is 0 Å². The molecule has 1 aromatic heterocycles. The Morgan fingerprint density at radius 1 is 1.21 bits per heavy atom. The van der Waals surface area contributed by atoms with E-state index in [9.17, 15) is 9.59 Å². The van der Waals surface area contributed by atoms with E-state index in [-0.39, 0.29) is 0 Å². The minimum absolute atomic E-state index is 0.295. The molecule has 5 heteroatoms. The largest absolute Gasteiger partial charge is 0.344 e. The van der Waals surface area contributed by atoms with Gasteiger partial charge in [-0.15, -0.1) is 13.2 Å². The molecule has 0 aliphatic carbocycles. The van der Waals surface area contributed by atoms with Gasteiger partial charge in [-0.1, -0.05) is 12.2 Å². The number of aromatic nitrogens is 1. The predicted molar refractivity (Wildman–Crippen MR) is 73.1 cm³/mol. The van der Waals surface area contributed by atoms with Gasteiger partial charge in [-0.05, 0) is 17.7 Å². The fourth-order valence-electron chi connectivity index (χ4n) is 1.45. The van der Waals surface area contributed by atoms with E-state index in [0.717, 1.165) is 5.56 Å². The first-order chi connectivity index (χ1) is 9.19. The number of carbonyl (C=O) groups excluding carboxylic acids is 2. The molecule has 1 aromatic rings. The summed E-state index contributed by atoms with van der Waals surface area (Å²) in [5.74, 6) is -1.23. The smallest absolute Gasteiger partial charge is 0.312 e. The third-order valence-electron chi connectivity index (χ3n) is 2.38. The second kappa shape index (κ2) is 7.81. The van der Waals surface area contributed by atoms with Crippen molar-refractivity contribution in [2.45, 2.75) is 6.54 Å². The highest BCUT2D eigenvalue weighted by Gasteiger charge is 2.19. The average molecular weight is 259 g/mol. The topological polar surface area (TPSA) is 62.3 Å². The number of rotatable bonds is 6. The molecule has 2 amide bonds. The molecule has 1 heterocycles. The van der Waals surface area contributed by atoms with Crippen molar-refractivity contribution in [2.24, 2.45) is 0 Å². The molecule has 0 bridgehead atoms. The molecule has 100 valence electrons. The summed E-state index contributed by atoms with van der Waals surface area (Å²) in [5, 5.41) is 2.57. The molecule has 0 saturated heterocycles. The van der Waals surface area contributed by atoms with Crippen molar-refractivity contribution in [3.05, 3.63) is 55.4 Å². The number of amides is 2. The second-order valence-electron chi connectivity index (χ2n) is 3.83. The summed E-state index contributed by atoms with van der Waals surface area (Å²) in [7, 11) is 0. The number of carbonyl (C=O) groups is 2. The monoisotopic (exact) mass is 259 g/mol. The molecule has 0 aliphatic rings. The van der Waals surface area contributed by atoms with Crippen LogP contribution in [0, 0.1) is 0 Å². The van der Waals surface area contributed by atoms with E-state index in [0.29, 0.717) is 19.6 Å². The maximum atomic E-state index is 11.9. The van der Waals surface area contributed by atoms with Gasteiger partial charge in [-0.25, -0.2) is 0 Å². The molecule has 5 nitrogen and oxygen atoms in total. The summed E-state index contributed by atoms with van der Waals surface area (Å²) in [6.07, 6.45) is 6.39. The summed E-state index contributed by atoms with van der Waals surface area (Å²) in [4.78, 5) is 28.8. The van der Waals surface area contributed by atoms with Gasteiger partial charge in [0, 0.05) is 32.0 Å². The lowest BCUT2D eigenvalue weighted by Crippen LogP contribution is -2.42. The number of nitrogens with zero attached hydrogens (tertiary/aromatic N) is 2. The van der Waals surface area contributed by atoms with E-state index in [1.165, 1.54) is 4.90 Å². The molecule has 1 N–H and O–H groups in total. The lowest BCUT2D eigenvalue weighted by Gasteiger charge is -2.18. The van der Waals surface area contributed by atoms with Crippen molar-refractivity contribution >= 4 is 11.8 Å². The van der Waals surface area contributed by atoms with E-state index in [4.69, 9.17) is 0 Å². The van der Waals surface area contributed by atoms with E-state index in [2.05, 4.69) is 23.5 Å². The molecule has 0 aromatic carbocycles. The second-order valence-corrected chi connectivity index (χ2v) is 3.83. The normalized spacial score (nSPS) is 9.47. The van der Waals surface area contributed by atoms with Gasteiger partial charge in [0.15, 0.2) is 0 Å². The maximum absolute atomic E-state index is 11.9. The standard InChI is InChI=1S/C14H17N3O2/c1-3-9-17(10-4-2)14(19)13(18)16-11-12-5-7-15-8-6-12/h3-8H,1-2,9-11H2,(H,16,18). The summed E-state index contributed by atoms with van der Waals surface area (Å²) < 4.78 is 0. The summed E-state index contributed by atoms with van der Waals surface area (Å²) in [6, 6.07) is 3.55. The quantitative estimate of drug-likeness (QED) is 0.610. The van der Waals surface area contributed by atoms with Crippen molar-refractivity contribution in [3.8, 4) is 0 Å². The fourth-order valence-corrected chi connectivity index (χ4v) is 1.45. The molecule has 1 rings (SSSR count). The Balaban J connectivity index is 2.53. The molecule has 0 unspecified atom stereocenters. The van der Waals surface area contributed by atoms with Crippen LogP contribution in [0.2, 0.25) is 0 Å². The van der Waals surface area contributed by atoms with Gasteiger partial charge in [0.2, 0.25) is 0 Å². The molecular formula is C14H17N3O2. The molecule has 0 saturated carbocycles. The summed E-state index contributed by atoms with van der Waals surface area (Å²) in [5.41, 5.74) is 0.884. The lowest BCUT2D eigenvalue weighted by molar-refractivity contribution is -0.145. The van der Waals surface area contributed by atoms with Crippen molar-refractivity contribution in [3.63, 3.8) is 0 Å². The van der Waals surface area contributed by atoms with E-state index in [1.807, 2.05) is 0 Å². The first-order valence-corrected chi connectivity index (χ1v) is 5.86. The third-order valence-corrected chi connectivity index (χ3v) is 2.38. The Kier molecular flexibility index (Phi) is 6.02. The Hall–Kier alpha value is -2.43. The number of pyridine rings is 1. The fraction of sp³-hybridized carbons (Fsp3) is 0.214. The van der Waals surface area contributed by atoms with Gasteiger partial charge < -0.3 is 10.2 Å². The molecule has 0 aliphatic heterocycles. The zero-order chi connectivity index (χ0) is 14.1. The zero-order valence-corrected chi connectivity index (χ0v) is 10.7. The van der Waals surface area contributed by atoms with Gasteiger partial charge in [-0.3, -0.25) is 14.6 Å². The van der Waals surface area contributed by atoms with Crippen LogP contribution in [0.25, 0.3) is 0 Å². The van der Waals surface area contributed by atoms with E-state index < -0.39 is 11.8 Å². The predicted octanol–water partition coefficient (Wildman–Crippen LogP) is 0.898. The van der Waals surface area contributed by atoms with Crippen molar-refractivity contribution in [1.82, 2.24) is 15.2 Å². The van der Waals surface area contributed by atoms with Crippen LogP contribution in [-0.4, -0.2) is 34.8 Å². The molecule has 19 heavy (non-hydrogen) atoms. The molecule has 0 fully saturated rings. The SMILES string of the molecule is C=CCN(CC=C)C(=O)C(=O)NCc1ccncc1. The van der Waals surface area contributed by atoms with Gasteiger partial charge in [0.05, 0.1) is 0 Å². The summed E-state index contributed by atoms with van der Waals surface area (Å²) >= 11 is 0. The number of nitrogens with one attached hydrogen (secondary N) is 1. The minimum atomic E-state index is -0.638. The zero-order valence-electron chi connectivity index (χ0n) is 10.7. The van der Waals surface area contributed by atoms with E-state index in [1.54, 1.807) is 36.7 Å². The van der Waals surface area contributed by atoms with Gasteiger partial charge in [0.1, 0.15) is 0 Å². The van der Waals surface area contributed by atoms with Gasteiger partial charge in [0.25, 0.3) is 0 Å². The Labute approximate surface area is 112 Å². The van der Waals surface area contributed by atoms with Crippen LogP contribution >= 0.6 is 0 Å². The Bertz CT molecular complexity index is 447. The Morgan fingerprint density at radius 2 is 1.79 bits per heavy atom. The lowest BCUT2D eigenvalue weighted by atomic mass is 10.2. The van der Waals surface area contributed by atoms with Crippen LogP contribution < -0.4 is 5.32 Å². The van der Waals surface area contributed by atoms with Gasteiger partial charge >= 0.3 is 11.8 Å². The molecular weight excluding hydrogens is 242 g/mol. The van der Waals surface area contributed by atoms with Crippen LogP contribution in [-0.2, 0) is 16.1 Å². The van der Waals surface area contributed by atoms with Crippen molar-refractivity contribution in [1.29, 1.82) is 0 Å². The molecule has 0 spiro atoms. The molecule has 0 radical (unpaired) electrons. The van der Waals surface area contributed by atoms with Gasteiger partial charge in [-0.2, -0.15) is 0 Å². The highest BCUT2D eigenvalue weighted by molar-refractivity contribution is 6.35. The van der Waals surface area contributed by atoms with E-state index >= 15 is 0 Å². The minimum Gasteiger partial charge on any atom is -0.344 e. The highest BCUT2D eigenvalue weighted by Crippen LogP contribution is 1.96. The number of hydrogen-bond acceptors (Lipinski definition) is 3. The van der Waals surface area contributed by atoms with Crippen molar-refractivity contribution < 1.29 is 9.59 Å². The highest BCUT2D eigenvalue weighted by atomic mass is 16.2. The first-order valence-electron chi connectivity index (χ1n) is 5.86. The van der Waals surface area contributed by atoms with Crippen LogP contribution in [0.5, 0.6) is 0 Å². The van der Waals surface area contributed by atoms with Crippen LogP contribution in [0.15, 0.2) is 49.8 Å². The Morgan fingerprint density at radius 3 is 2.32 bits per heavy atom. The third kappa shape index (κ3) is 4.75. The average Bonchev–Trinajstić information content (AvgIpc) is 2.45. The summed E-state index contributed by atoms with van der Waals surface area (Å²) in [6.45, 7) is 8.02. The molecule has 0 atom stereocenters. The van der Waals surface area contributed by atoms with Crippen LogP contribution in [0.4, 0.5) is 0 Å². The van der Waals surface area contributed by atoms with Crippen molar-refractivity contribution in [2.75, 3.05) is 13.1 Å². The maximum Gasteiger partial charge on any atom is 0.312 e. The first kappa shape index (κ1) is 14.6. The number of hydrogen-bond donors (Lipinski definition) is 1.